The van der Waals surface area contributed by atoms with Gasteiger partial charge in [0.25, 0.3) is 0 Å². The van der Waals surface area contributed by atoms with Gasteiger partial charge in [-0.25, -0.2) is 4.98 Å². The number of aromatic nitrogens is 1. The minimum Gasteiger partial charge on any atom is -0.253 e. The summed E-state index contributed by atoms with van der Waals surface area (Å²) >= 11 is 1.56. The van der Waals surface area contributed by atoms with Gasteiger partial charge in [-0.05, 0) is 19.8 Å². The van der Waals surface area contributed by atoms with E-state index in [0.29, 0.717) is 0 Å². The summed E-state index contributed by atoms with van der Waals surface area (Å²) in [6, 6.07) is 0. The number of anilines is 1. The highest BCUT2D eigenvalue weighted by Crippen LogP contribution is 2.10. The molecule has 0 aromatic carbocycles. The van der Waals surface area contributed by atoms with Crippen LogP contribution in [0, 0.1) is 0 Å². The quantitative estimate of drug-likeness (QED) is 0.444. The second-order valence-electron chi connectivity index (χ2n) is 3.25. The van der Waals surface area contributed by atoms with Crippen molar-refractivity contribution in [2.24, 2.45) is 5.10 Å². The Morgan fingerprint density at radius 2 is 2.43 bits per heavy atom. The van der Waals surface area contributed by atoms with Crippen molar-refractivity contribution in [3.8, 4) is 0 Å². The average Bonchev–Trinajstić information content (AvgIpc) is 2.68. The summed E-state index contributed by atoms with van der Waals surface area (Å²) in [5.41, 5.74) is 4.09. The Labute approximate surface area is 89.3 Å². The number of nitrogens with one attached hydrogen (secondary N) is 1. The van der Waals surface area contributed by atoms with Crippen molar-refractivity contribution in [3.05, 3.63) is 11.6 Å². The van der Waals surface area contributed by atoms with Gasteiger partial charge in [-0.15, -0.1) is 11.3 Å². The van der Waals surface area contributed by atoms with Gasteiger partial charge in [0.15, 0.2) is 0 Å². The maximum Gasteiger partial charge on any atom is 0.203 e. The standard InChI is InChI=1S/C10H17N3S/c1-3-4-5-6-9(2)12-13-10-11-7-8-14-10/h7-8H,3-6H2,1-2H3,(H,11,13). The van der Waals surface area contributed by atoms with Crippen molar-refractivity contribution in [2.45, 2.75) is 39.5 Å². The largest absolute Gasteiger partial charge is 0.253 e. The molecule has 0 atom stereocenters. The average molecular weight is 211 g/mol. The molecule has 0 fully saturated rings. The molecule has 0 aliphatic carbocycles. The van der Waals surface area contributed by atoms with Gasteiger partial charge in [-0.3, -0.25) is 5.43 Å². The van der Waals surface area contributed by atoms with Crippen molar-refractivity contribution in [2.75, 3.05) is 5.43 Å². The number of hydrogen-bond acceptors (Lipinski definition) is 4. The third-order valence-corrected chi connectivity index (χ3v) is 2.59. The molecule has 0 radical (unpaired) electrons. The summed E-state index contributed by atoms with van der Waals surface area (Å²) in [7, 11) is 0. The lowest BCUT2D eigenvalue weighted by molar-refractivity contribution is 0.740. The number of hydrogen-bond donors (Lipinski definition) is 1. The molecule has 0 spiro atoms. The molecule has 14 heavy (non-hydrogen) atoms. The molecular weight excluding hydrogens is 194 g/mol. The Morgan fingerprint density at radius 3 is 3.07 bits per heavy atom. The van der Waals surface area contributed by atoms with E-state index >= 15 is 0 Å². The van der Waals surface area contributed by atoms with Gasteiger partial charge in [-0.2, -0.15) is 5.10 Å². The van der Waals surface area contributed by atoms with Crippen LogP contribution in [0.5, 0.6) is 0 Å². The number of hydrazone groups is 1. The first-order chi connectivity index (χ1) is 6.83. The van der Waals surface area contributed by atoms with Gasteiger partial charge >= 0.3 is 0 Å². The summed E-state index contributed by atoms with van der Waals surface area (Å²) in [5, 5.41) is 7.05. The molecule has 1 aromatic rings. The van der Waals surface area contributed by atoms with E-state index in [1.165, 1.54) is 19.3 Å². The maximum atomic E-state index is 4.25. The molecule has 1 rings (SSSR count). The molecular formula is C10H17N3S. The first-order valence-corrected chi connectivity index (χ1v) is 5.89. The molecule has 1 N–H and O–H groups in total. The lowest BCUT2D eigenvalue weighted by atomic mass is 10.1. The lowest BCUT2D eigenvalue weighted by Crippen LogP contribution is -1.97. The molecule has 0 saturated heterocycles. The predicted molar refractivity (Wildman–Crippen MR) is 63.0 cm³/mol. The molecule has 0 saturated carbocycles. The van der Waals surface area contributed by atoms with Crippen molar-refractivity contribution in [1.29, 1.82) is 0 Å². The molecule has 0 unspecified atom stereocenters. The van der Waals surface area contributed by atoms with Crippen LogP contribution in [0.3, 0.4) is 0 Å². The molecule has 0 amide bonds. The van der Waals surface area contributed by atoms with Gasteiger partial charge < -0.3 is 0 Å². The fourth-order valence-electron chi connectivity index (χ4n) is 1.11. The zero-order valence-electron chi connectivity index (χ0n) is 8.79. The van der Waals surface area contributed by atoms with E-state index in [0.717, 1.165) is 17.3 Å². The zero-order chi connectivity index (χ0) is 10.2. The third kappa shape index (κ3) is 4.37. The predicted octanol–water partition coefficient (Wildman–Crippen LogP) is 3.51. The molecule has 78 valence electrons. The molecule has 0 aliphatic rings. The number of unbranched alkanes of at least 4 members (excludes halogenated alkanes) is 2. The SMILES string of the molecule is CCCCCC(C)=NNc1nccs1. The van der Waals surface area contributed by atoms with Crippen molar-refractivity contribution in [1.82, 2.24) is 4.98 Å². The highest BCUT2D eigenvalue weighted by molar-refractivity contribution is 7.13. The van der Waals surface area contributed by atoms with E-state index in [9.17, 15) is 0 Å². The van der Waals surface area contributed by atoms with E-state index < -0.39 is 0 Å². The Morgan fingerprint density at radius 1 is 1.57 bits per heavy atom. The van der Waals surface area contributed by atoms with Crippen molar-refractivity contribution >= 4 is 22.2 Å². The van der Waals surface area contributed by atoms with Crippen LogP contribution >= 0.6 is 11.3 Å². The summed E-state index contributed by atoms with van der Waals surface area (Å²) in [6.07, 6.45) is 6.61. The fourth-order valence-corrected chi connectivity index (χ4v) is 1.58. The van der Waals surface area contributed by atoms with Crippen molar-refractivity contribution < 1.29 is 0 Å². The Kier molecular flexibility index (Phi) is 5.22. The first-order valence-electron chi connectivity index (χ1n) is 5.01. The molecule has 0 aliphatic heterocycles. The van der Waals surface area contributed by atoms with Crippen LogP contribution in [-0.4, -0.2) is 10.7 Å². The van der Waals surface area contributed by atoms with Crippen molar-refractivity contribution in [3.63, 3.8) is 0 Å². The summed E-state index contributed by atoms with van der Waals surface area (Å²) < 4.78 is 0. The topological polar surface area (TPSA) is 37.3 Å². The highest BCUT2D eigenvalue weighted by Gasteiger charge is 1.93. The molecule has 0 bridgehead atoms. The van der Waals surface area contributed by atoms with Gasteiger partial charge in [0.1, 0.15) is 0 Å². The second-order valence-corrected chi connectivity index (χ2v) is 4.15. The van der Waals surface area contributed by atoms with Crippen LogP contribution in [-0.2, 0) is 0 Å². The van der Waals surface area contributed by atoms with Crippen LogP contribution < -0.4 is 5.43 Å². The third-order valence-electron chi connectivity index (χ3n) is 1.92. The molecule has 3 nitrogen and oxygen atoms in total. The molecule has 4 heteroatoms. The first kappa shape index (κ1) is 11.2. The van der Waals surface area contributed by atoms with Crippen LogP contribution in [0.1, 0.15) is 39.5 Å². The van der Waals surface area contributed by atoms with Gasteiger partial charge in [0.2, 0.25) is 5.13 Å². The summed E-state index contributed by atoms with van der Waals surface area (Å²) in [4.78, 5) is 4.08. The molecule has 1 aromatic heterocycles. The highest BCUT2D eigenvalue weighted by atomic mass is 32.1. The maximum absolute atomic E-state index is 4.25. The number of thiazole rings is 1. The van der Waals surface area contributed by atoms with Gasteiger partial charge in [0.05, 0.1) is 0 Å². The van der Waals surface area contributed by atoms with Crippen LogP contribution in [0.4, 0.5) is 5.13 Å². The van der Waals surface area contributed by atoms with Crippen LogP contribution in [0.25, 0.3) is 0 Å². The lowest BCUT2D eigenvalue weighted by Gasteiger charge is -1.99. The summed E-state index contributed by atoms with van der Waals surface area (Å²) in [6.45, 7) is 4.26. The van der Waals surface area contributed by atoms with Gasteiger partial charge in [0, 0.05) is 17.3 Å². The normalized spacial score (nSPS) is 11.7. The Hall–Kier alpha value is -0.900. The second kappa shape index (κ2) is 6.54. The Bertz CT molecular complexity index is 267. The van der Waals surface area contributed by atoms with Crippen LogP contribution in [0.2, 0.25) is 0 Å². The Balaban J connectivity index is 2.23. The van der Waals surface area contributed by atoms with E-state index in [2.05, 4.69) is 29.4 Å². The van der Waals surface area contributed by atoms with E-state index in [1.54, 1.807) is 17.5 Å². The minimum atomic E-state index is 0.861. The monoisotopic (exact) mass is 211 g/mol. The van der Waals surface area contributed by atoms with E-state index in [1.807, 2.05) is 5.38 Å². The summed E-state index contributed by atoms with van der Waals surface area (Å²) in [5.74, 6) is 0. The van der Waals surface area contributed by atoms with E-state index in [4.69, 9.17) is 0 Å². The minimum absolute atomic E-state index is 0.861. The zero-order valence-corrected chi connectivity index (χ0v) is 9.60. The number of nitrogens with zero attached hydrogens (tertiary/aromatic N) is 2. The fraction of sp³-hybridized carbons (Fsp3) is 0.600. The smallest absolute Gasteiger partial charge is 0.203 e. The number of rotatable bonds is 6. The van der Waals surface area contributed by atoms with Crippen LogP contribution in [0.15, 0.2) is 16.7 Å². The van der Waals surface area contributed by atoms with E-state index in [-0.39, 0.29) is 0 Å². The van der Waals surface area contributed by atoms with Gasteiger partial charge in [-0.1, -0.05) is 19.8 Å². The molecule has 1 heterocycles.